The minimum atomic E-state index is -0.662. The first-order chi connectivity index (χ1) is 16.5. The fourth-order valence-electron chi connectivity index (χ4n) is 3.92. The largest absolute Gasteiger partial charge is 0.465 e. The summed E-state index contributed by atoms with van der Waals surface area (Å²) < 4.78 is 11.3. The Balaban J connectivity index is 0.000000283. The first-order valence-corrected chi connectivity index (χ1v) is 12.3. The van der Waals surface area contributed by atoms with E-state index in [-0.39, 0.29) is 18.0 Å². The van der Waals surface area contributed by atoms with Crippen molar-refractivity contribution in [2.24, 2.45) is 11.7 Å². The normalized spacial score (nSPS) is 14.7. The van der Waals surface area contributed by atoms with Gasteiger partial charge in [0, 0.05) is 36.8 Å². The average molecular weight is 489 g/mol. The highest BCUT2D eigenvalue weighted by molar-refractivity contribution is 6.06. The Morgan fingerprint density at radius 1 is 1.26 bits per heavy atom. The Kier molecular flexibility index (Phi) is 10.2. The number of hydrogen-bond acceptors (Lipinski definition) is 7. The summed E-state index contributed by atoms with van der Waals surface area (Å²) in [6, 6.07) is 2.19. The van der Waals surface area contributed by atoms with Crippen LogP contribution in [0.1, 0.15) is 89.1 Å². The lowest BCUT2D eigenvalue weighted by atomic mass is 10.0. The molecule has 1 atom stereocenters. The predicted octanol–water partition coefficient (Wildman–Crippen LogP) is 4.55. The van der Waals surface area contributed by atoms with Crippen LogP contribution in [-0.2, 0) is 20.8 Å². The summed E-state index contributed by atoms with van der Waals surface area (Å²) >= 11 is 0. The number of nitrogens with zero attached hydrogens (tertiary/aromatic N) is 2. The van der Waals surface area contributed by atoms with Crippen molar-refractivity contribution >= 4 is 29.0 Å². The number of pyridine rings is 1. The van der Waals surface area contributed by atoms with Crippen molar-refractivity contribution in [2.45, 2.75) is 91.3 Å². The molecular weight excluding hydrogens is 448 g/mol. The molecule has 1 unspecified atom stereocenters. The molecule has 1 fully saturated rings. The maximum Gasteiger partial charge on any atom is 0.420 e. The molecule has 0 aromatic carbocycles. The van der Waals surface area contributed by atoms with E-state index in [1.807, 2.05) is 0 Å². The maximum atomic E-state index is 12.3. The van der Waals surface area contributed by atoms with Crippen molar-refractivity contribution in [3.8, 4) is 0 Å². The minimum Gasteiger partial charge on any atom is -0.465 e. The summed E-state index contributed by atoms with van der Waals surface area (Å²) in [4.78, 5) is 39.9. The van der Waals surface area contributed by atoms with E-state index in [4.69, 9.17) is 15.2 Å². The minimum absolute atomic E-state index is 0.210. The summed E-state index contributed by atoms with van der Waals surface area (Å²) in [5, 5.41) is 3.61. The molecule has 0 spiro atoms. The number of methoxy groups -OCH3 is 1. The second kappa shape index (κ2) is 12.7. The molecule has 9 heteroatoms. The summed E-state index contributed by atoms with van der Waals surface area (Å²) in [6.07, 6.45) is 9.03. The van der Waals surface area contributed by atoms with Gasteiger partial charge in [0.2, 0.25) is 5.91 Å². The summed E-state index contributed by atoms with van der Waals surface area (Å²) in [6.45, 7) is 9.76. The van der Waals surface area contributed by atoms with Gasteiger partial charge in [-0.1, -0.05) is 33.1 Å². The van der Waals surface area contributed by atoms with Crippen LogP contribution in [0.2, 0.25) is 0 Å². The van der Waals surface area contributed by atoms with E-state index in [1.165, 1.54) is 49.8 Å². The molecule has 2 aromatic heterocycles. The summed E-state index contributed by atoms with van der Waals surface area (Å²) in [5.41, 5.74) is 6.30. The van der Waals surface area contributed by atoms with Crippen LogP contribution in [-0.4, -0.2) is 46.3 Å². The summed E-state index contributed by atoms with van der Waals surface area (Å²) in [5.74, 6) is 0.220. The molecule has 3 N–H and O–H groups in total. The van der Waals surface area contributed by atoms with Gasteiger partial charge in [0.25, 0.3) is 0 Å². The van der Waals surface area contributed by atoms with E-state index in [0.717, 1.165) is 6.42 Å². The highest BCUT2D eigenvalue weighted by Gasteiger charge is 2.25. The Labute approximate surface area is 207 Å². The van der Waals surface area contributed by atoms with Gasteiger partial charge in [-0.05, 0) is 51.2 Å². The van der Waals surface area contributed by atoms with Gasteiger partial charge in [0.15, 0.2) is 5.65 Å². The van der Waals surface area contributed by atoms with Crippen LogP contribution in [0.25, 0.3) is 11.0 Å². The van der Waals surface area contributed by atoms with Gasteiger partial charge in [-0.15, -0.1) is 0 Å². The van der Waals surface area contributed by atoms with E-state index in [0.29, 0.717) is 35.0 Å². The van der Waals surface area contributed by atoms with E-state index >= 15 is 0 Å². The monoisotopic (exact) mass is 488 g/mol. The smallest absolute Gasteiger partial charge is 0.420 e. The third-order valence-electron chi connectivity index (χ3n) is 5.94. The van der Waals surface area contributed by atoms with Gasteiger partial charge in [-0.2, -0.15) is 0 Å². The fraction of sp³-hybridized carbons (Fsp3) is 0.615. The molecule has 1 aliphatic carbocycles. The molecule has 1 amide bonds. The van der Waals surface area contributed by atoms with E-state index in [1.54, 1.807) is 26.8 Å². The van der Waals surface area contributed by atoms with Crippen LogP contribution in [0, 0.1) is 5.92 Å². The topological polar surface area (TPSA) is 126 Å². The zero-order valence-corrected chi connectivity index (χ0v) is 21.8. The number of nitrogens with two attached hydrogens (primary N) is 1. The van der Waals surface area contributed by atoms with Gasteiger partial charge in [0.1, 0.15) is 5.60 Å². The zero-order chi connectivity index (χ0) is 26.2. The van der Waals surface area contributed by atoms with Crippen molar-refractivity contribution in [3.63, 3.8) is 0 Å². The van der Waals surface area contributed by atoms with Gasteiger partial charge in [-0.25, -0.2) is 19.1 Å². The molecule has 0 saturated heterocycles. The number of nitrogens with one attached hydrogen (secondary N) is 1. The number of amides is 1. The van der Waals surface area contributed by atoms with Crippen LogP contribution in [0.3, 0.4) is 0 Å². The lowest BCUT2D eigenvalue weighted by Gasteiger charge is -2.19. The fourth-order valence-corrected chi connectivity index (χ4v) is 3.92. The Hall–Kier alpha value is -2.94. The highest BCUT2D eigenvalue weighted by Crippen LogP contribution is 2.25. The molecule has 0 aliphatic heterocycles. The average Bonchev–Trinajstić information content (AvgIpc) is 3.45. The number of aromatic nitrogens is 2. The Morgan fingerprint density at radius 2 is 1.91 bits per heavy atom. The molecular formula is C26H40N4O5. The third-order valence-corrected chi connectivity index (χ3v) is 5.94. The third kappa shape index (κ3) is 8.06. The number of carbonyl (C=O) groups excluding carboxylic acids is 3. The second-order valence-electron chi connectivity index (χ2n) is 10.0. The highest BCUT2D eigenvalue weighted by atomic mass is 16.6. The van der Waals surface area contributed by atoms with E-state index < -0.39 is 17.7 Å². The maximum absolute atomic E-state index is 12.3. The first-order valence-electron chi connectivity index (χ1n) is 12.3. The molecule has 0 radical (unpaired) electrons. The van der Waals surface area contributed by atoms with Crippen molar-refractivity contribution < 1.29 is 23.9 Å². The lowest BCUT2D eigenvalue weighted by molar-refractivity contribution is -0.122. The van der Waals surface area contributed by atoms with Crippen LogP contribution >= 0.6 is 0 Å². The number of ether oxygens (including phenoxy) is 2. The second-order valence-corrected chi connectivity index (χ2v) is 10.0. The van der Waals surface area contributed by atoms with Crippen LogP contribution in [0.4, 0.5) is 4.79 Å². The van der Waals surface area contributed by atoms with E-state index in [9.17, 15) is 14.4 Å². The van der Waals surface area contributed by atoms with Gasteiger partial charge in [-0.3, -0.25) is 4.79 Å². The number of hydrogen-bond donors (Lipinski definition) is 2. The van der Waals surface area contributed by atoms with Gasteiger partial charge >= 0.3 is 12.1 Å². The lowest BCUT2D eigenvalue weighted by Crippen LogP contribution is -2.33. The van der Waals surface area contributed by atoms with Crippen molar-refractivity contribution in [3.05, 3.63) is 29.6 Å². The molecule has 3 rings (SSSR count). The number of esters is 1. The van der Waals surface area contributed by atoms with Crippen LogP contribution < -0.4 is 11.1 Å². The van der Waals surface area contributed by atoms with Gasteiger partial charge < -0.3 is 20.5 Å². The molecule has 35 heavy (non-hydrogen) atoms. The quantitative estimate of drug-likeness (QED) is 0.572. The Morgan fingerprint density at radius 3 is 2.46 bits per heavy atom. The van der Waals surface area contributed by atoms with Crippen LogP contribution in [0.5, 0.6) is 0 Å². The predicted molar refractivity (Wildman–Crippen MR) is 135 cm³/mol. The molecule has 0 bridgehead atoms. The molecule has 194 valence electrons. The van der Waals surface area contributed by atoms with Gasteiger partial charge in [0.05, 0.1) is 12.7 Å². The molecule has 9 nitrogen and oxygen atoms in total. The van der Waals surface area contributed by atoms with E-state index in [2.05, 4.69) is 24.1 Å². The van der Waals surface area contributed by atoms with Crippen molar-refractivity contribution in [1.29, 1.82) is 0 Å². The number of fused-ring (bicyclic) bond motifs is 1. The standard InChI is InChI=1S/C15H19N3O4.C11H21NO/c1-15(2,3)22-14(20)18-8-10(13(19)21-4)11-9(7-16)5-6-17-12(11)18;1-3-9(2)8-11(13)12-10-6-4-5-7-10/h5-6,8H,7,16H2,1-4H3;9-10H,3-8H2,1-2H3,(H,12,13). The number of carbonyl (C=O) groups is 3. The molecule has 1 saturated carbocycles. The van der Waals surface area contributed by atoms with Crippen molar-refractivity contribution in [1.82, 2.24) is 14.9 Å². The van der Waals surface area contributed by atoms with Crippen molar-refractivity contribution in [2.75, 3.05) is 7.11 Å². The molecule has 2 aromatic rings. The SMILES string of the molecule is CCC(C)CC(=O)NC1CCCC1.COC(=O)c1cn(C(=O)OC(C)(C)C)c2nccc(CN)c12. The zero-order valence-electron chi connectivity index (χ0n) is 21.8. The van der Waals surface area contributed by atoms with Crippen LogP contribution in [0.15, 0.2) is 18.5 Å². The number of rotatable bonds is 6. The first kappa shape index (κ1) is 28.3. The summed E-state index contributed by atoms with van der Waals surface area (Å²) in [7, 11) is 1.28. The molecule has 1 aliphatic rings. The Bertz CT molecular complexity index is 1020. The molecule has 2 heterocycles.